The van der Waals surface area contributed by atoms with Crippen molar-refractivity contribution in [2.75, 3.05) is 0 Å². The molecule has 155 valence electrons. The van der Waals surface area contributed by atoms with Crippen molar-refractivity contribution in [1.29, 1.82) is 0 Å². The summed E-state index contributed by atoms with van der Waals surface area (Å²) in [6.45, 7) is 1.70. The van der Waals surface area contributed by atoms with Crippen LogP contribution in [0.3, 0.4) is 0 Å². The van der Waals surface area contributed by atoms with E-state index in [2.05, 4.69) is 0 Å². The first-order valence-electron chi connectivity index (χ1n) is 9.18. The summed E-state index contributed by atoms with van der Waals surface area (Å²) in [6, 6.07) is 0. The fraction of sp³-hybridized carbons (Fsp3) is 0.611. The van der Waals surface area contributed by atoms with Gasteiger partial charge in [-0.1, -0.05) is 26.2 Å². The predicted molar refractivity (Wildman–Crippen MR) is 103 cm³/mol. The monoisotopic (exact) mass is 396 g/mol. The second-order valence-electron chi connectivity index (χ2n) is 6.10. The lowest BCUT2D eigenvalue weighted by Crippen LogP contribution is -2.07. The Morgan fingerprint density at radius 1 is 0.786 bits per heavy atom. The smallest absolute Gasteiger partial charge is 0.253 e. The molecule has 0 aromatic carbocycles. The van der Waals surface area contributed by atoms with E-state index in [0.29, 0.717) is 25.7 Å². The minimum atomic E-state index is -0.745. The Bertz CT molecular complexity index is 639. The number of hydrogen-bond acceptors (Lipinski definition) is 7. The molecular formula is C18H26N3O7. The van der Waals surface area contributed by atoms with Gasteiger partial charge in [-0.05, 0) is 37.8 Å². The first-order valence-corrected chi connectivity index (χ1v) is 9.18. The Kier molecular flexibility index (Phi) is 13.6. The second-order valence-corrected chi connectivity index (χ2v) is 6.10. The molecule has 0 aliphatic rings. The van der Waals surface area contributed by atoms with Crippen molar-refractivity contribution in [3.63, 3.8) is 0 Å². The van der Waals surface area contributed by atoms with E-state index < -0.39 is 26.9 Å². The normalized spacial score (nSPS) is 12.7. The van der Waals surface area contributed by atoms with Crippen LogP contribution < -0.4 is 0 Å². The quantitative estimate of drug-likeness (QED) is 0.212. The molecule has 0 atom stereocenters. The van der Waals surface area contributed by atoms with Crippen molar-refractivity contribution >= 4 is 6.29 Å². The zero-order chi connectivity index (χ0) is 21.4. The molecular weight excluding hydrogens is 370 g/mol. The van der Waals surface area contributed by atoms with E-state index in [-0.39, 0.29) is 17.8 Å². The van der Waals surface area contributed by atoms with Crippen LogP contribution >= 0.6 is 0 Å². The summed E-state index contributed by atoms with van der Waals surface area (Å²) in [7, 11) is 0. The van der Waals surface area contributed by atoms with Crippen LogP contribution in [-0.2, 0) is 4.79 Å². The van der Waals surface area contributed by atoms with Crippen molar-refractivity contribution in [2.45, 2.75) is 71.1 Å². The van der Waals surface area contributed by atoms with E-state index in [1.807, 2.05) is 6.29 Å². The molecule has 0 bridgehead atoms. The number of carbonyl (C=O) groups excluding carboxylic acids is 1. The highest BCUT2D eigenvalue weighted by Gasteiger charge is 2.22. The summed E-state index contributed by atoms with van der Waals surface area (Å²) < 4.78 is 0. The molecule has 0 unspecified atom stereocenters. The van der Waals surface area contributed by atoms with Crippen molar-refractivity contribution in [1.82, 2.24) is 0 Å². The predicted octanol–water partition coefficient (Wildman–Crippen LogP) is 4.50. The molecule has 1 radical (unpaired) electrons. The second kappa shape index (κ2) is 15.2. The molecule has 0 aromatic heterocycles. The van der Waals surface area contributed by atoms with Gasteiger partial charge in [0.05, 0.1) is 21.2 Å². The van der Waals surface area contributed by atoms with Crippen molar-refractivity contribution < 1.29 is 19.6 Å². The SMILES string of the molecule is CC/C=C(\C/C=C(\C/C(=C\CCCCCCC[C]=O)[N+](=O)[O-])[N+](=O)[O-])[N+](=O)[O-]. The Hall–Kier alpha value is -2.91. The van der Waals surface area contributed by atoms with Crippen LogP contribution in [0.5, 0.6) is 0 Å². The molecule has 0 saturated heterocycles. The fourth-order valence-electron chi connectivity index (χ4n) is 2.44. The van der Waals surface area contributed by atoms with Gasteiger partial charge in [0.15, 0.2) is 6.29 Å². The van der Waals surface area contributed by atoms with Crippen LogP contribution in [0, 0.1) is 30.3 Å². The van der Waals surface area contributed by atoms with Crippen molar-refractivity contribution in [2.24, 2.45) is 0 Å². The van der Waals surface area contributed by atoms with E-state index >= 15 is 0 Å². The number of nitro groups is 3. The maximum Gasteiger partial charge on any atom is 0.253 e. The first kappa shape index (κ1) is 25.1. The van der Waals surface area contributed by atoms with Gasteiger partial charge in [-0.15, -0.1) is 0 Å². The van der Waals surface area contributed by atoms with E-state index in [9.17, 15) is 35.1 Å². The van der Waals surface area contributed by atoms with Gasteiger partial charge in [0.2, 0.25) is 5.70 Å². The third kappa shape index (κ3) is 11.7. The van der Waals surface area contributed by atoms with Crippen molar-refractivity contribution in [3.05, 3.63) is 65.7 Å². The summed E-state index contributed by atoms with van der Waals surface area (Å²) in [6.07, 6.45) is 10.2. The van der Waals surface area contributed by atoms with Gasteiger partial charge in [-0.2, -0.15) is 0 Å². The summed E-state index contributed by atoms with van der Waals surface area (Å²) in [5, 5.41) is 33.2. The summed E-state index contributed by atoms with van der Waals surface area (Å²) in [4.78, 5) is 41.3. The molecule has 0 aromatic rings. The van der Waals surface area contributed by atoms with Crippen LogP contribution in [0.15, 0.2) is 35.3 Å². The Balaban J connectivity index is 4.85. The third-order valence-corrected chi connectivity index (χ3v) is 3.92. The number of hydrogen-bond donors (Lipinski definition) is 0. The topological polar surface area (TPSA) is 146 Å². The van der Waals surface area contributed by atoms with Crippen molar-refractivity contribution in [3.8, 4) is 0 Å². The minimum absolute atomic E-state index is 0.180. The molecule has 0 spiro atoms. The Labute approximate surface area is 163 Å². The third-order valence-electron chi connectivity index (χ3n) is 3.92. The first-order chi connectivity index (χ1) is 13.3. The highest BCUT2D eigenvalue weighted by molar-refractivity contribution is 5.50. The highest BCUT2D eigenvalue weighted by atomic mass is 16.6. The highest BCUT2D eigenvalue weighted by Crippen LogP contribution is 2.17. The average Bonchev–Trinajstić information content (AvgIpc) is 2.63. The molecule has 10 nitrogen and oxygen atoms in total. The van der Waals surface area contributed by atoms with Gasteiger partial charge in [0.1, 0.15) is 6.42 Å². The molecule has 0 amide bonds. The minimum Gasteiger partial charge on any atom is -0.291 e. The maximum atomic E-state index is 11.2. The Morgan fingerprint density at radius 2 is 1.32 bits per heavy atom. The molecule has 0 aliphatic carbocycles. The molecule has 0 saturated carbocycles. The van der Waals surface area contributed by atoms with Gasteiger partial charge in [-0.25, -0.2) is 0 Å². The molecule has 0 aliphatic heterocycles. The van der Waals surface area contributed by atoms with Crippen LogP contribution in [-0.4, -0.2) is 21.1 Å². The average molecular weight is 396 g/mol. The van der Waals surface area contributed by atoms with Gasteiger partial charge < -0.3 is 0 Å². The van der Waals surface area contributed by atoms with Gasteiger partial charge in [0.25, 0.3) is 11.4 Å². The Morgan fingerprint density at radius 3 is 1.86 bits per heavy atom. The zero-order valence-electron chi connectivity index (χ0n) is 16.0. The number of unbranched alkanes of at least 4 members (excludes halogenated alkanes) is 6. The molecule has 0 rings (SSSR count). The van der Waals surface area contributed by atoms with E-state index in [0.717, 1.165) is 31.8 Å². The van der Waals surface area contributed by atoms with Crippen LogP contribution in [0.25, 0.3) is 0 Å². The van der Waals surface area contributed by atoms with Gasteiger partial charge in [0, 0.05) is 12.5 Å². The largest absolute Gasteiger partial charge is 0.291 e. The lowest BCUT2D eigenvalue weighted by molar-refractivity contribution is -0.450. The van der Waals surface area contributed by atoms with Gasteiger partial charge >= 0.3 is 0 Å². The lowest BCUT2D eigenvalue weighted by Gasteiger charge is -2.00. The van der Waals surface area contributed by atoms with Crippen LogP contribution in [0.2, 0.25) is 0 Å². The number of rotatable bonds is 16. The summed E-state index contributed by atoms with van der Waals surface area (Å²) in [5.41, 5.74) is -0.904. The van der Waals surface area contributed by atoms with E-state index in [4.69, 9.17) is 0 Å². The fourth-order valence-corrected chi connectivity index (χ4v) is 2.44. The standard InChI is InChI=1S/C18H26N3O7/c1-2-10-16(19(23)24)12-13-18(21(27)28)15-17(20(25)26)11-8-6-4-3-5-7-9-14-22/h10-11,13H,2-9,12,15H2,1H3/b16-10+,17-11+,18-13+. The molecule has 10 heteroatoms. The van der Waals surface area contributed by atoms with Gasteiger partial charge in [-0.3, -0.25) is 35.1 Å². The molecule has 28 heavy (non-hydrogen) atoms. The molecule has 0 N–H and O–H groups in total. The van der Waals surface area contributed by atoms with Crippen LogP contribution in [0.1, 0.15) is 71.1 Å². The van der Waals surface area contributed by atoms with E-state index in [1.54, 1.807) is 6.92 Å². The van der Waals surface area contributed by atoms with Crippen LogP contribution in [0.4, 0.5) is 0 Å². The molecule has 0 fully saturated rings. The zero-order valence-corrected chi connectivity index (χ0v) is 16.0. The maximum absolute atomic E-state index is 11.2. The summed E-state index contributed by atoms with van der Waals surface area (Å²) >= 11 is 0. The molecule has 0 heterocycles. The number of nitrogens with zero attached hydrogens (tertiary/aromatic N) is 3. The van der Waals surface area contributed by atoms with E-state index in [1.165, 1.54) is 12.2 Å². The lowest BCUT2D eigenvalue weighted by atomic mass is 10.1. The summed E-state index contributed by atoms with van der Waals surface area (Å²) in [5.74, 6) is 0. The number of allylic oxidation sites excluding steroid dienone is 3.